The normalized spacial score (nSPS) is 16.4. The van der Waals surface area contributed by atoms with Gasteiger partial charge in [0, 0.05) is 24.1 Å². The van der Waals surface area contributed by atoms with Gasteiger partial charge in [0.05, 0.1) is 22.2 Å². The van der Waals surface area contributed by atoms with Gasteiger partial charge in [0.2, 0.25) is 5.13 Å². The van der Waals surface area contributed by atoms with E-state index in [1.165, 1.54) is 48.2 Å². The second kappa shape index (κ2) is 10.8. The molecule has 1 aliphatic rings. The first kappa shape index (κ1) is 27.2. The molecule has 1 atom stereocenters. The third-order valence-electron chi connectivity index (χ3n) is 6.67. The summed E-state index contributed by atoms with van der Waals surface area (Å²) < 4.78 is 15.4. The monoisotopic (exact) mass is 602 g/mol. The molecule has 1 unspecified atom stereocenters. The van der Waals surface area contributed by atoms with E-state index in [-0.39, 0.29) is 27.9 Å². The maximum atomic E-state index is 13.6. The number of carbonyl (C=O) groups excluding carboxylic acids is 2. The first-order valence-corrected chi connectivity index (χ1v) is 14.2. The SMILES string of the molecule is Cc1nc2ccccn2c1C(O)=C1C(=O)C(=O)N(c2nnc(SCc3ccc(F)cc3)s2)C1c1ccc([N+](=O)[O-])cc1. The number of nitrogens with zero attached hydrogens (tertiary/aromatic N) is 6. The number of ketones is 1. The lowest BCUT2D eigenvalue weighted by molar-refractivity contribution is -0.384. The fourth-order valence-electron chi connectivity index (χ4n) is 4.73. The highest BCUT2D eigenvalue weighted by Gasteiger charge is 2.49. The number of thioether (sulfide) groups is 1. The summed E-state index contributed by atoms with van der Waals surface area (Å²) in [5.41, 5.74) is 2.02. The average molecular weight is 603 g/mol. The molecule has 42 heavy (non-hydrogen) atoms. The van der Waals surface area contributed by atoms with Crippen molar-refractivity contribution in [3.8, 4) is 0 Å². The Morgan fingerprint density at radius 3 is 2.55 bits per heavy atom. The maximum absolute atomic E-state index is 13.6. The zero-order chi connectivity index (χ0) is 29.5. The molecule has 1 aliphatic heterocycles. The molecule has 0 aliphatic carbocycles. The largest absolute Gasteiger partial charge is 0.505 e. The molecule has 1 N–H and O–H groups in total. The molecule has 1 saturated heterocycles. The van der Waals surface area contributed by atoms with E-state index in [2.05, 4.69) is 15.2 Å². The van der Waals surface area contributed by atoms with Crippen molar-refractivity contribution in [2.24, 2.45) is 0 Å². The van der Waals surface area contributed by atoms with E-state index in [4.69, 9.17) is 0 Å². The number of Topliss-reactive ketones (excluding diaryl/α,β-unsaturated/α-hetero) is 1. The zero-order valence-electron chi connectivity index (χ0n) is 21.7. The molecule has 210 valence electrons. The average Bonchev–Trinajstić information content (AvgIpc) is 3.66. The summed E-state index contributed by atoms with van der Waals surface area (Å²) in [4.78, 5) is 43.4. The highest BCUT2D eigenvalue weighted by molar-refractivity contribution is 8.00. The molecule has 6 rings (SSSR count). The van der Waals surface area contributed by atoms with Gasteiger partial charge in [-0.2, -0.15) is 0 Å². The van der Waals surface area contributed by atoms with Crippen LogP contribution < -0.4 is 4.90 Å². The summed E-state index contributed by atoms with van der Waals surface area (Å²) in [6.45, 7) is 1.67. The minimum absolute atomic E-state index is 0.107. The van der Waals surface area contributed by atoms with Gasteiger partial charge >= 0.3 is 5.91 Å². The van der Waals surface area contributed by atoms with Gasteiger partial charge in [0.25, 0.3) is 11.5 Å². The van der Waals surface area contributed by atoms with Crippen molar-refractivity contribution in [1.82, 2.24) is 19.6 Å². The molecule has 3 aromatic heterocycles. The Bertz CT molecular complexity index is 1900. The van der Waals surface area contributed by atoms with Crippen molar-refractivity contribution in [2.75, 3.05) is 4.90 Å². The van der Waals surface area contributed by atoms with E-state index in [0.29, 0.717) is 27.0 Å². The summed E-state index contributed by atoms with van der Waals surface area (Å²) in [5, 5.41) is 31.3. The summed E-state index contributed by atoms with van der Waals surface area (Å²) >= 11 is 2.39. The molecule has 4 heterocycles. The highest BCUT2D eigenvalue weighted by atomic mass is 32.2. The smallest absolute Gasteiger partial charge is 0.301 e. The number of benzene rings is 2. The molecule has 2 aromatic carbocycles. The Morgan fingerprint density at radius 1 is 1.10 bits per heavy atom. The number of pyridine rings is 1. The van der Waals surface area contributed by atoms with Gasteiger partial charge in [-0.15, -0.1) is 10.2 Å². The third-order valence-corrected chi connectivity index (χ3v) is 8.80. The van der Waals surface area contributed by atoms with Crippen molar-refractivity contribution < 1.29 is 24.0 Å². The topological polar surface area (TPSA) is 144 Å². The number of carbonyl (C=O) groups is 2. The number of amides is 1. The first-order valence-electron chi connectivity index (χ1n) is 12.4. The molecule has 0 bridgehead atoms. The van der Waals surface area contributed by atoms with Crippen LogP contribution in [-0.4, -0.2) is 41.3 Å². The molecule has 11 nitrogen and oxygen atoms in total. The number of imidazole rings is 1. The Labute approximate surface area is 245 Å². The standard InChI is InChI=1S/C28H19FN6O5S2/c1-15-22(33-13-3-2-4-20(33)30-15)24(36)21-23(17-7-11-19(12-8-17)35(39)40)34(26(38)25(21)37)27-31-32-28(42-27)41-14-16-5-9-18(29)10-6-16/h2-13,23,36H,14H2,1H3. The van der Waals surface area contributed by atoms with Gasteiger partial charge in [-0.25, -0.2) is 9.37 Å². The number of halogens is 1. The Morgan fingerprint density at radius 2 is 1.83 bits per heavy atom. The summed E-state index contributed by atoms with van der Waals surface area (Å²) in [5.74, 6) is -2.20. The molecular formula is C28H19FN6O5S2. The number of rotatable bonds is 7. The van der Waals surface area contributed by atoms with Crippen LogP contribution in [0.5, 0.6) is 0 Å². The number of hydrogen-bond acceptors (Lipinski definition) is 10. The van der Waals surface area contributed by atoms with E-state index in [1.54, 1.807) is 47.9 Å². The first-order chi connectivity index (χ1) is 20.2. The second-order valence-corrected chi connectivity index (χ2v) is 11.4. The third kappa shape index (κ3) is 4.80. The van der Waals surface area contributed by atoms with Crippen LogP contribution in [0.3, 0.4) is 0 Å². The highest BCUT2D eigenvalue weighted by Crippen LogP contribution is 2.44. The van der Waals surface area contributed by atoms with E-state index in [1.807, 2.05) is 0 Å². The second-order valence-electron chi connectivity index (χ2n) is 9.26. The number of nitro groups is 1. The zero-order valence-corrected chi connectivity index (χ0v) is 23.3. The quantitative estimate of drug-likeness (QED) is 0.0488. The Kier molecular flexibility index (Phi) is 7.00. The molecule has 5 aromatic rings. The van der Waals surface area contributed by atoms with Crippen LogP contribution in [-0.2, 0) is 15.3 Å². The Hall–Kier alpha value is -4.95. The summed E-state index contributed by atoms with van der Waals surface area (Å²) in [6.07, 6.45) is 1.68. The van der Waals surface area contributed by atoms with Gasteiger partial charge < -0.3 is 5.11 Å². The van der Waals surface area contributed by atoms with Gasteiger partial charge in [-0.05, 0) is 54.4 Å². The minimum atomic E-state index is -1.15. The lowest BCUT2D eigenvalue weighted by Gasteiger charge is -2.22. The lowest BCUT2D eigenvalue weighted by atomic mass is 9.96. The van der Waals surface area contributed by atoms with Crippen LogP contribution in [0.1, 0.15) is 28.6 Å². The number of aryl methyl sites for hydroxylation is 1. The van der Waals surface area contributed by atoms with Crippen LogP contribution in [0.4, 0.5) is 15.2 Å². The molecule has 1 amide bonds. The lowest BCUT2D eigenvalue weighted by Crippen LogP contribution is -2.29. The number of aromatic nitrogens is 4. The number of aliphatic hydroxyl groups excluding tert-OH is 1. The van der Waals surface area contributed by atoms with Crippen LogP contribution in [0, 0.1) is 22.9 Å². The van der Waals surface area contributed by atoms with Crippen molar-refractivity contribution in [1.29, 1.82) is 0 Å². The number of hydrogen-bond donors (Lipinski definition) is 1. The molecule has 1 fully saturated rings. The van der Waals surface area contributed by atoms with Crippen LogP contribution in [0.2, 0.25) is 0 Å². The van der Waals surface area contributed by atoms with E-state index in [0.717, 1.165) is 21.8 Å². The van der Waals surface area contributed by atoms with E-state index in [9.17, 15) is 29.2 Å². The maximum Gasteiger partial charge on any atom is 0.301 e. The molecular weight excluding hydrogens is 583 g/mol. The number of nitro benzene ring substituents is 1. The summed E-state index contributed by atoms with van der Waals surface area (Å²) in [7, 11) is 0. The molecule has 14 heteroatoms. The van der Waals surface area contributed by atoms with Gasteiger partial charge in [-0.3, -0.25) is 29.0 Å². The van der Waals surface area contributed by atoms with Gasteiger partial charge in [0.1, 0.15) is 17.2 Å². The fraction of sp³-hybridized carbons (Fsp3) is 0.107. The Balaban J connectivity index is 1.44. The molecule has 0 saturated carbocycles. The van der Waals surface area contributed by atoms with E-state index < -0.39 is 28.4 Å². The fourth-order valence-corrected chi connectivity index (χ4v) is 6.56. The molecule has 0 radical (unpaired) electrons. The number of fused-ring (bicyclic) bond motifs is 1. The summed E-state index contributed by atoms with van der Waals surface area (Å²) in [6, 6.07) is 15.5. The van der Waals surface area contributed by atoms with Gasteiger partial charge in [0.15, 0.2) is 10.1 Å². The van der Waals surface area contributed by atoms with Crippen molar-refractivity contribution in [2.45, 2.75) is 23.1 Å². The van der Waals surface area contributed by atoms with Crippen LogP contribution in [0.25, 0.3) is 11.4 Å². The minimum Gasteiger partial charge on any atom is -0.505 e. The predicted molar refractivity (Wildman–Crippen MR) is 154 cm³/mol. The number of anilines is 1. The molecule has 0 spiro atoms. The van der Waals surface area contributed by atoms with Crippen molar-refractivity contribution >= 4 is 57.0 Å². The number of non-ortho nitro benzene ring substituents is 1. The van der Waals surface area contributed by atoms with Crippen LogP contribution >= 0.6 is 23.1 Å². The van der Waals surface area contributed by atoms with E-state index >= 15 is 0 Å². The van der Waals surface area contributed by atoms with Crippen LogP contribution in [0.15, 0.2) is 82.8 Å². The van der Waals surface area contributed by atoms with Crippen molar-refractivity contribution in [3.05, 3.63) is 117 Å². The van der Waals surface area contributed by atoms with Gasteiger partial charge in [-0.1, -0.05) is 41.3 Å². The van der Waals surface area contributed by atoms with Crippen molar-refractivity contribution in [3.63, 3.8) is 0 Å². The predicted octanol–water partition coefficient (Wildman–Crippen LogP) is 5.46. The number of aliphatic hydroxyl groups is 1.